The fourth-order valence-corrected chi connectivity index (χ4v) is 5.08. The number of carbonyl (C=O) groups is 1. The Kier molecular flexibility index (Phi) is 6.72. The number of benzene rings is 2. The first-order chi connectivity index (χ1) is 16.0. The SMILES string of the molecule is N#CCCN(C(=O)CSc1nc2scc(-c3ccccc3)c2c(=O)n1N)c1ccc(F)cc1. The highest BCUT2D eigenvalue weighted by Gasteiger charge is 2.20. The lowest BCUT2D eigenvalue weighted by Gasteiger charge is -2.21. The monoisotopic (exact) mass is 479 g/mol. The number of thioether (sulfide) groups is 1. The summed E-state index contributed by atoms with van der Waals surface area (Å²) >= 11 is 2.37. The quantitative estimate of drug-likeness (QED) is 0.244. The van der Waals surface area contributed by atoms with Gasteiger partial charge in [0.2, 0.25) is 5.91 Å². The van der Waals surface area contributed by atoms with Gasteiger partial charge in [-0.15, -0.1) is 11.3 Å². The van der Waals surface area contributed by atoms with Crippen molar-refractivity contribution in [1.82, 2.24) is 9.66 Å². The molecule has 0 radical (unpaired) electrons. The molecule has 0 aliphatic heterocycles. The summed E-state index contributed by atoms with van der Waals surface area (Å²) in [4.78, 5) is 32.4. The summed E-state index contributed by atoms with van der Waals surface area (Å²) in [5.41, 5.74) is 1.75. The van der Waals surface area contributed by atoms with E-state index < -0.39 is 11.4 Å². The minimum Gasteiger partial charge on any atom is -0.334 e. The predicted octanol–water partition coefficient (Wildman–Crippen LogP) is 4.02. The summed E-state index contributed by atoms with van der Waals surface area (Å²) in [7, 11) is 0. The van der Waals surface area contributed by atoms with Crippen LogP contribution >= 0.6 is 23.1 Å². The molecule has 0 bridgehead atoms. The Balaban J connectivity index is 1.59. The Morgan fingerprint density at radius 1 is 1.21 bits per heavy atom. The van der Waals surface area contributed by atoms with Gasteiger partial charge in [-0.1, -0.05) is 42.1 Å². The van der Waals surface area contributed by atoms with Crippen LogP contribution in [0.25, 0.3) is 21.3 Å². The van der Waals surface area contributed by atoms with Gasteiger partial charge < -0.3 is 10.7 Å². The highest BCUT2D eigenvalue weighted by Crippen LogP contribution is 2.31. The van der Waals surface area contributed by atoms with Gasteiger partial charge in [0, 0.05) is 23.2 Å². The molecule has 0 fully saturated rings. The van der Waals surface area contributed by atoms with Gasteiger partial charge >= 0.3 is 0 Å². The maximum Gasteiger partial charge on any atom is 0.282 e. The summed E-state index contributed by atoms with van der Waals surface area (Å²) < 4.78 is 14.2. The second-order valence-electron chi connectivity index (χ2n) is 6.98. The van der Waals surface area contributed by atoms with Crippen molar-refractivity contribution in [2.45, 2.75) is 11.6 Å². The van der Waals surface area contributed by atoms with Crippen LogP contribution in [0.5, 0.6) is 0 Å². The van der Waals surface area contributed by atoms with Crippen LogP contribution in [0.2, 0.25) is 0 Å². The number of aromatic nitrogens is 2. The van der Waals surface area contributed by atoms with Crippen molar-refractivity contribution >= 4 is 44.9 Å². The minimum atomic E-state index is -0.420. The van der Waals surface area contributed by atoms with E-state index in [0.29, 0.717) is 15.9 Å². The van der Waals surface area contributed by atoms with E-state index in [-0.39, 0.29) is 29.8 Å². The van der Waals surface area contributed by atoms with Crippen LogP contribution in [0.4, 0.5) is 10.1 Å². The number of halogens is 1. The predicted molar refractivity (Wildman–Crippen MR) is 129 cm³/mol. The highest BCUT2D eigenvalue weighted by atomic mass is 32.2. The van der Waals surface area contributed by atoms with Crippen LogP contribution < -0.4 is 16.3 Å². The second-order valence-corrected chi connectivity index (χ2v) is 8.78. The van der Waals surface area contributed by atoms with Gasteiger partial charge in [0.1, 0.15) is 10.6 Å². The van der Waals surface area contributed by atoms with Gasteiger partial charge in [0.15, 0.2) is 5.16 Å². The van der Waals surface area contributed by atoms with Gasteiger partial charge in [-0.3, -0.25) is 9.59 Å². The average molecular weight is 480 g/mol. The zero-order valence-electron chi connectivity index (χ0n) is 17.3. The molecule has 0 aliphatic rings. The summed E-state index contributed by atoms with van der Waals surface area (Å²) in [6.45, 7) is 0.161. The maximum atomic E-state index is 13.3. The maximum absolute atomic E-state index is 13.3. The fourth-order valence-electron chi connectivity index (χ4n) is 3.30. The molecule has 0 saturated heterocycles. The van der Waals surface area contributed by atoms with Crippen molar-refractivity contribution < 1.29 is 9.18 Å². The van der Waals surface area contributed by atoms with Crippen LogP contribution in [-0.4, -0.2) is 27.9 Å². The third-order valence-corrected chi connectivity index (χ3v) is 6.71. The molecular weight excluding hydrogens is 461 g/mol. The number of hydrogen-bond acceptors (Lipinski definition) is 7. The summed E-state index contributed by atoms with van der Waals surface area (Å²) in [5.74, 6) is 5.25. The third-order valence-electron chi connectivity index (χ3n) is 4.90. The number of nitriles is 1. The van der Waals surface area contributed by atoms with E-state index in [1.54, 1.807) is 0 Å². The molecule has 2 aromatic heterocycles. The molecule has 0 aliphatic carbocycles. The van der Waals surface area contributed by atoms with Crippen molar-refractivity contribution in [1.29, 1.82) is 5.26 Å². The van der Waals surface area contributed by atoms with E-state index in [0.717, 1.165) is 27.6 Å². The van der Waals surface area contributed by atoms with Crippen molar-refractivity contribution in [3.05, 3.63) is 76.1 Å². The van der Waals surface area contributed by atoms with Crippen LogP contribution in [0.3, 0.4) is 0 Å². The van der Waals surface area contributed by atoms with Gasteiger partial charge in [-0.25, -0.2) is 14.1 Å². The molecule has 1 amide bonds. The molecule has 2 aromatic carbocycles. The normalized spacial score (nSPS) is 10.8. The third kappa shape index (κ3) is 4.74. The lowest BCUT2D eigenvalue weighted by Crippen LogP contribution is -2.34. The molecule has 7 nitrogen and oxygen atoms in total. The van der Waals surface area contributed by atoms with Crippen molar-refractivity contribution in [2.24, 2.45) is 0 Å². The summed E-state index contributed by atoms with van der Waals surface area (Å²) in [5, 5.41) is 11.4. The molecule has 10 heteroatoms. The molecule has 2 heterocycles. The van der Waals surface area contributed by atoms with E-state index >= 15 is 0 Å². The average Bonchev–Trinajstić information content (AvgIpc) is 3.26. The van der Waals surface area contributed by atoms with Gasteiger partial charge in [0.05, 0.1) is 23.6 Å². The molecule has 0 spiro atoms. The van der Waals surface area contributed by atoms with E-state index in [9.17, 15) is 14.0 Å². The lowest BCUT2D eigenvalue weighted by molar-refractivity contribution is -0.116. The van der Waals surface area contributed by atoms with E-state index in [1.807, 2.05) is 41.8 Å². The summed E-state index contributed by atoms with van der Waals surface area (Å²) in [6, 6.07) is 17.0. The number of carbonyl (C=O) groups excluding carboxylic acids is 1. The molecule has 0 unspecified atom stereocenters. The Morgan fingerprint density at radius 2 is 1.94 bits per heavy atom. The number of thiophene rings is 1. The largest absolute Gasteiger partial charge is 0.334 e. The zero-order valence-corrected chi connectivity index (χ0v) is 18.9. The number of nitrogens with two attached hydrogens (primary N) is 1. The number of fused-ring (bicyclic) bond motifs is 1. The number of nitrogens with zero attached hydrogens (tertiary/aromatic N) is 4. The van der Waals surface area contributed by atoms with Crippen molar-refractivity contribution in [3.8, 4) is 17.2 Å². The number of amides is 1. The lowest BCUT2D eigenvalue weighted by atomic mass is 10.1. The standard InChI is InChI=1S/C23H18FN5O2S2/c24-16-7-9-17(10-8-16)28(12-4-11-25)19(30)14-33-23-27-21-20(22(31)29(23)26)18(13-32-21)15-5-2-1-3-6-15/h1-3,5-10,13H,4,12,14,26H2. The van der Waals surface area contributed by atoms with Crippen molar-refractivity contribution in [2.75, 3.05) is 23.0 Å². The Morgan fingerprint density at radius 3 is 2.64 bits per heavy atom. The van der Waals surface area contributed by atoms with Crippen LogP contribution in [0, 0.1) is 17.1 Å². The molecule has 4 aromatic rings. The Hall–Kier alpha value is -3.68. The number of rotatable bonds is 7. The highest BCUT2D eigenvalue weighted by molar-refractivity contribution is 7.99. The molecule has 4 rings (SSSR count). The molecule has 33 heavy (non-hydrogen) atoms. The molecule has 2 N–H and O–H groups in total. The topological polar surface area (TPSA) is 105 Å². The molecule has 166 valence electrons. The van der Waals surface area contributed by atoms with Gasteiger partial charge in [0.25, 0.3) is 5.56 Å². The van der Waals surface area contributed by atoms with Gasteiger partial charge in [-0.2, -0.15) is 5.26 Å². The van der Waals surface area contributed by atoms with E-state index in [4.69, 9.17) is 11.1 Å². The Labute approximate surface area is 196 Å². The van der Waals surface area contributed by atoms with E-state index in [2.05, 4.69) is 4.98 Å². The second kappa shape index (κ2) is 9.85. The summed E-state index contributed by atoms with van der Waals surface area (Å²) in [6.07, 6.45) is 0.122. The minimum absolute atomic E-state index is 0.0606. The fraction of sp³-hybridized carbons (Fsp3) is 0.130. The first-order valence-corrected chi connectivity index (χ1v) is 11.8. The molecule has 0 atom stereocenters. The van der Waals surface area contributed by atoms with Crippen LogP contribution in [0.15, 0.2) is 69.9 Å². The number of anilines is 1. The number of nitrogen functional groups attached to an aromatic ring is 1. The van der Waals surface area contributed by atoms with Gasteiger partial charge in [-0.05, 0) is 29.8 Å². The Bertz CT molecular complexity index is 1390. The van der Waals surface area contributed by atoms with Crippen LogP contribution in [-0.2, 0) is 4.79 Å². The van der Waals surface area contributed by atoms with Crippen molar-refractivity contribution in [3.63, 3.8) is 0 Å². The van der Waals surface area contributed by atoms with E-state index in [1.165, 1.54) is 40.5 Å². The first kappa shape index (κ1) is 22.5. The zero-order chi connectivity index (χ0) is 23.4. The smallest absolute Gasteiger partial charge is 0.282 e. The molecular formula is C23H18FN5O2S2. The molecule has 0 saturated carbocycles. The number of hydrogen-bond donors (Lipinski definition) is 1. The first-order valence-electron chi connectivity index (χ1n) is 9.90. The van der Waals surface area contributed by atoms with Crippen LogP contribution in [0.1, 0.15) is 6.42 Å².